The van der Waals surface area contributed by atoms with Crippen LogP contribution in [-0.2, 0) is 25.2 Å². The average molecular weight is 627 g/mol. The molecule has 3 aromatic carbocycles. The van der Waals surface area contributed by atoms with E-state index in [1.807, 2.05) is 18.2 Å². The Morgan fingerprint density at radius 3 is 1.96 bits per heavy atom. The zero-order valence-electron chi connectivity index (χ0n) is 27.3. The number of hydrogen-bond donors (Lipinski definition) is 1. The predicted molar refractivity (Wildman–Crippen MR) is 184 cm³/mol. The number of benzene rings is 3. The fourth-order valence-electron chi connectivity index (χ4n) is 7.12. The lowest BCUT2D eigenvalue weighted by atomic mass is 9.89. The SMILES string of the molecule is C=C1C[C@H](COCc2ccccc2)O[C@H](C[C@@]2(O)CC(=C)C[C@@H](CCO[Si](c3ccccc3)(c3ccccc3)C(C)(C)C)O2)C1. The van der Waals surface area contributed by atoms with Crippen molar-refractivity contribution in [2.75, 3.05) is 13.2 Å². The Hall–Kier alpha value is -2.84. The minimum absolute atomic E-state index is 0.0917. The maximum Gasteiger partial charge on any atom is 0.261 e. The van der Waals surface area contributed by atoms with Crippen molar-refractivity contribution in [3.8, 4) is 0 Å². The van der Waals surface area contributed by atoms with Gasteiger partial charge in [-0.15, -0.1) is 0 Å². The molecule has 6 heteroatoms. The van der Waals surface area contributed by atoms with Crippen LogP contribution >= 0.6 is 0 Å². The quantitative estimate of drug-likeness (QED) is 0.172. The monoisotopic (exact) mass is 626 g/mol. The Morgan fingerprint density at radius 1 is 0.800 bits per heavy atom. The molecular formula is C39H50O5Si. The highest BCUT2D eigenvalue weighted by Gasteiger charge is 2.50. The smallest absolute Gasteiger partial charge is 0.261 e. The highest BCUT2D eigenvalue weighted by molar-refractivity contribution is 6.99. The van der Waals surface area contributed by atoms with Crippen LogP contribution in [-0.4, -0.2) is 50.7 Å². The molecular weight excluding hydrogens is 577 g/mol. The van der Waals surface area contributed by atoms with E-state index in [9.17, 15) is 5.11 Å². The number of ether oxygens (including phenoxy) is 3. The van der Waals surface area contributed by atoms with Crippen LogP contribution in [0.3, 0.4) is 0 Å². The van der Waals surface area contributed by atoms with Crippen molar-refractivity contribution in [1.82, 2.24) is 0 Å². The first-order valence-corrected chi connectivity index (χ1v) is 18.2. The molecule has 2 saturated heterocycles. The molecule has 3 aromatic rings. The Kier molecular flexibility index (Phi) is 11.0. The van der Waals surface area contributed by atoms with Gasteiger partial charge >= 0.3 is 0 Å². The molecule has 0 unspecified atom stereocenters. The van der Waals surface area contributed by atoms with Gasteiger partial charge < -0.3 is 23.7 Å². The molecule has 0 radical (unpaired) electrons. The minimum Gasteiger partial charge on any atom is -0.407 e. The van der Waals surface area contributed by atoms with Crippen molar-refractivity contribution in [3.63, 3.8) is 0 Å². The Bertz CT molecular complexity index is 1350. The molecule has 0 spiro atoms. The zero-order chi connectivity index (χ0) is 31.9. The summed E-state index contributed by atoms with van der Waals surface area (Å²) in [7, 11) is -2.65. The molecule has 2 heterocycles. The largest absolute Gasteiger partial charge is 0.407 e. The van der Waals surface area contributed by atoms with Crippen molar-refractivity contribution in [2.45, 2.75) is 95.0 Å². The number of aliphatic hydroxyl groups is 1. The first-order valence-electron chi connectivity index (χ1n) is 16.3. The van der Waals surface area contributed by atoms with Gasteiger partial charge in [-0.05, 0) is 46.7 Å². The van der Waals surface area contributed by atoms with Gasteiger partial charge in [0.1, 0.15) is 0 Å². The van der Waals surface area contributed by atoms with Crippen LogP contribution in [0.5, 0.6) is 0 Å². The summed E-state index contributed by atoms with van der Waals surface area (Å²) in [4.78, 5) is 0. The second kappa shape index (κ2) is 14.7. The maximum atomic E-state index is 11.7. The molecule has 2 aliphatic rings. The highest BCUT2D eigenvalue weighted by atomic mass is 28.4. The first kappa shape index (κ1) is 33.5. The fraction of sp³-hybridized carbons (Fsp3) is 0.436. The number of rotatable bonds is 12. The molecule has 1 N–H and O–H groups in total. The van der Waals surface area contributed by atoms with Gasteiger partial charge in [0.05, 0.1) is 31.5 Å². The molecule has 5 nitrogen and oxygen atoms in total. The lowest BCUT2D eigenvalue weighted by molar-refractivity contribution is -0.262. The maximum absolute atomic E-state index is 11.7. The molecule has 0 amide bonds. The third kappa shape index (κ3) is 8.50. The van der Waals surface area contributed by atoms with Crippen LogP contribution in [0.1, 0.15) is 64.9 Å². The van der Waals surface area contributed by atoms with E-state index in [-0.39, 0.29) is 23.4 Å². The van der Waals surface area contributed by atoms with Gasteiger partial charge in [0.25, 0.3) is 8.32 Å². The molecule has 0 bridgehead atoms. The topological polar surface area (TPSA) is 57.2 Å². The normalized spacial score (nSPS) is 24.5. The fourth-order valence-corrected chi connectivity index (χ4v) is 11.7. The molecule has 4 atom stereocenters. The van der Waals surface area contributed by atoms with Crippen LogP contribution in [0.4, 0.5) is 0 Å². The first-order chi connectivity index (χ1) is 21.6. The third-order valence-corrected chi connectivity index (χ3v) is 14.0. The summed E-state index contributed by atoms with van der Waals surface area (Å²) in [5.74, 6) is -1.34. The van der Waals surface area contributed by atoms with E-state index in [2.05, 4.69) is 107 Å². The second-order valence-electron chi connectivity index (χ2n) is 13.9. The molecule has 0 aromatic heterocycles. The summed E-state index contributed by atoms with van der Waals surface area (Å²) < 4.78 is 26.0. The summed E-state index contributed by atoms with van der Waals surface area (Å²) in [5, 5.41) is 14.2. The molecule has 0 aliphatic carbocycles. The lowest BCUT2D eigenvalue weighted by Gasteiger charge is -2.44. The van der Waals surface area contributed by atoms with Crippen LogP contribution in [0.25, 0.3) is 0 Å². The standard InChI is InChI=1S/C39H50O5Si/c1-30-23-34(43-35(24-30)29-41-28-32-15-9-6-10-16-32)27-39(40)26-31(2)25-33(44-39)21-22-42-45(38(3,4)5,36-17-11-7-12-18-36)37-19-13-8-14-20-37/h6-20,33-35,40H,1-2,21-29H2,3-5H3/t33-,34+,35-,39-/m1/s1. The van der Waals surface area contributed by atoms with Gasteiger partial charge in [-0.1, -0.05) is 136 Å². The molecule has 240 valence electrons. The van der Waals surface area contributed by atoms with Crippen LogP contribution in [0.2, 0.25) is 5.04 Å². The van der Waals surface area contributed by atoms with Crippen LogP contribution in [0.15, 0.2) is 115 Å². The van der Waals surface area contributed by atoms with Gasteiger partial charge in [-0.2, -0.15) is 0 Å². The lowest BCUT2D eigenvalue weighted by Crippen LogP contribution is -2.66. The molecule has 2 fully saturated rings. The zero-order valence-corrected chi connectivity index (χ0v) is 28.3. The van der Waals surface area contributed by atoms with Gasteiger partial charge in [0, 0.05) is 19.4 Å². The summed E-state index contributed by atoms with van der Waals surface area (Å²) in [5.41, 5.74) is 3.25. The second-order valence-corrected chi connectivity index (χ2v) is 18.2. The minimum atomic E-state index is -2.65. The van der Waals surface area contributed by atoms with Gasteiger partial charge in [-0.3, -0.25) is 0 Å². The summed E-state index contributed by atoms with van der Waals surface area (Å²) in [6.07, 6.45) is 3.14. The van der Waals surface area contributed by atoms with Crippen molar-refractivity contribution in [1.29, 1.82) is 0 Å². The molecule has 0 saturated carbocycles. The Labute approximate surface area is 271 Å². The molecule has 5 rings (SSSR count). The van der Waals surface area contributed by atoms with E-state index >= 15 is 0 Å². The van der Waals surface area contributed by atoms with Crippen LogP contribution in [0, 0.1) is 0 Å². The van der Waals surface area contributed by atoms with Crippen LogP contribution < -0.4 is 10.4 Å². The molecule has 45 heavy (non-hydrogen) atoms. The van der Waals surface area contributed by atoms with E-state index in [1.54, 1.807) is 0 Å². The average Bonchev–Trinajstić information content (AvgIpc) is 2.99. The predicted octanol–water partition coefficient (Wildman–Crippen LogP) is 7.09. The van der Waals surface area contributed by atoms with Crippen molar-refractivity contribution in [3.05, 3.63) is 121 Å². The van der Waals surface area contributed by atoms with Gasteiger partial charge in [0.2, 0.25) is 0 Å². The Morgan fingerprint density at radius 2 is 1.36 bits per heavy atom. The highest BCUT2D eigenvalue weighted by Crippen LogP contribution is 2.39. The van der Waals surface area contributed by atoms with Gasteiger partial charge in [-0.25, -0.2) is 0 Å². The van der Waals surface area contributed by atoms with E-state index in [1.165, 1.54) is 10.4 Å². The van der Waals surface area contributed by atoms with E-state index in [0.29, 0.717) is 51.9 Å². The van der Waals surface area contributed by atoms with E-state index < -0.39 is 14.1 Å². The summed E-state index contributed by atoms with van der Waals surface area (Å²) >= 11 is 0. The Balaban J connectivity index is 1.22. The van der Waals surface area contributed by atoms with Crippen molar-refractivity contribution < 1.29 is 23.7 Å². The third-order valence-electron chi connectivity index (χ3n) is 8.98. The molecule has 2 aliphatic heterocycles. The summed E-state index contributed by atoms with van der Waals surface area (Å²) in [6, 6.07) is 31.5. The van der Waals surface area contributed by atoms with Crippen molar-refractivity contribution in [2.24, 2.45) is 0 Å². The number of hydrogen-bond acceptors (Lipinski definition) is 5. The van der Waals surface area contributed by atoms with E-state index in [4.69, 9.17) is 18.6 Å². The summed E-state index contributed by atoms with van der Waals surface area (Å²) in [6.45, 7) is 17.0. The van der Waals surface area contributed by atoms with Gasteiger partial charge in [0.15, 0.2) is 5.79 Å². The van der Waals surface area contributed by atoms with Crippen molar-refractivity contribution >= 4 is 18.7 Å². The van der Waals surface area contributed by atoms with E-state index in [0.717, 1.165) is 23.1 Å².